The standard InChI is InChI=1S/C46H74O20/c1-20(2)6-8-25(50)21(3)22-11-15-45(42(58)59)24-7-9-29-43(4,23(24)10-14-44(22,45)5)13-12-30(46(29,60)19-49)65-41-38(35(55)32(52)27(17-48)63-41)66-39-36(56)33(53)28(18-61-39)64-40-37(57)34(54)31(51)26(16-47)62-40/h6,21-22,25-41,47-57,60H,7-19H2,1-5H3,(H,58,59)/t21-,22+,25?,26+,27+,28-,29+,30-,31-,32-,33-,34-,35-,36+,37+,38+,39-,40-,41-,43+,44+,45-,46+/m0/s1. The Morgan fingerprint density at radius 3 is 2.02 bits per heavy atom. The predicted octanol–water partition coefficient (Wildman–Crippen LogP) is -1.68. The lowest BCUT2D eigenvalue weighted by Crippen LogP contribution is -2.67. The third-order valence-corrected chi connectivity index (χ3v) is 17.3. The minimum atomic E-state index is -1.96. The minimum Gasteiger partial charge on any atom is -0.481 e. The maximum absolute atomic E-state index is 13.8. The van der Waals surface area contributed by atoms with Gasteiger partial charge in [0.25, 0.3) is 0 Å². The van der Waals surface area contributed by atoms with Gasteiger partial charge in [-0.2, -0.15) is 0 Å². The summed E-state index contributed by atoms with van der Waals surface area (Å²) in [6, 6.07) is 0. The average Bonchev–Trinajstić information content (AvgIpc) is 3.62. The van der Waals surface area contributed by atoms with Crippen molar-refractivity contribution in [3.05, 3.63) is 22.8 Å². The molecule has 3 heterocycles. The van der Waals surface area contributed by atoms with Gasteiger partial charge < -0.3 is 94.8 Å². The van der Waals surface area contributed by atoms with E-state index in [2.05, 4.69) is 6.92 Å². The number of carboxylic acid groups (broad SMARTS) is 1. The third kappa shape index (κ3) is 8.55. The number of aliphatic carboxylic acids is 1. The second kappa shape index (κ2) is 19.8. The zero-order valence-electron chi connectivity index (χ0n) is 38.4. The summed E-state index contributed by atoms with van der Waals surface area (Å²) in [5, 5.41) is 141. The molecule has 7 rings (SSSR count). The Labute approximate surface area is 384 Å². The van der Waals surface area contributed by atoms with Crippen molar-refractivity contribution in [1.29, 1.82) is 0 Å². The molecule has 2 saturated carbocycles. The Balaban J connectivity index is 1.10. The lowest BCUT2D eigenvalue weighted by atomic mass is 9.44. The van der Waals surface area contributed by atoms with Crippen molar-refractivity contribution in [2.75, 3.05) is 26.4 Å². The molecule has 0 spiro atoms. The molecule has 0 aromatic heterocycles. The summed E-state index contributed by atoms with van der Waals surface area (Å²) in [6.45, 7) is 7.24. The van der Waals surface area contributed by atoms with Crippen LogP contribution in [-0.4, -0.2) is 203 Å². The van der Waals surface area contributed by atoms with E-state index in [1.807, 2.05) is 33.8 Å². The van der Waals surface area contributed by atoms with Gasteiger partial charge in [-0.15, -0.1) is 0 Å². The van der Waals surface area contributed by atoms with E-state index in [-0.39, 0.29) is 18.3 Å². The summed E-state index contributed by atoms with van der Waals surface area (Å²) in [5.74, 6) is -1.74. The SMILES string of the molecule is CC(C)=CCC(O)[C@@H](C)[C@H]1CC[C@@]2(C(=O)O)C3=C(CC[C@]12C)[C@@]1(C)CC[C@H](O[C@@H]2O[C@H](CO)[C@H](O)[C@H](O)[C@H]2O[C@@H]2OC[C@H](O[C@@H]4O[C@H](CO)[C@H](O)[C@H](O)[C@H]4O)[C@H](O)[C@H]2O)[C@@](O)(CO)[C@@H]1CC3. The molecule has 20 heteroatoms. The summed E-state index contributed by atoms with van der Waals surface area (Å²) >= 11 is 0. The summed E-state index contributed by atoms with van der Waals surface area (Å²) in [5.41, 5.74) is -1.62. The highest BCUT2D eigenvalue weighted by atomic mass is 16.8. The van der Waals surface area contributed by atoms with E-state index < -0.39 is 158 Å². The molecular weight excluding hydrogens is 872 g/mol. The van der Waals surface area contributed by atoms with E-state index in [4.69, 9.17) is 28.4 Å². The molecule has 0 aromatic rings. The van der Waals surface area contributed by atoms with Gasteiger partial charge in [0.2, 0.25) is 0 Å². The molecule has 66 heavy (non-hydrogen) atoms. The molecule has 7 aliphatic rings. The highest BCUT2D eigenvalue weighted by Gasteiger charge is 2.70. The lowest BCUT2D eigenvalue weighted by molar-refractivity contribution is -0.381. The van der Waals surface area contributed by atoms with Crippen molar-refractivity contribution < 1.29 is 99.6 Å². The van der Waals surface area contributed by atoms with Crippen LogP contribution < -0.4 is 0 Å². The maximum Gasteiger partial charge on any atom is 0.314 e. The Bertz CT molecular complexity index is 1780. The lowest BCUT2D eigenvalue weighted by Gasteiger charge is -2.62. The van der Waals surface area contributed by atoms with E-state index in [9.17, 15) is 71.2 Å². The summed E-state index contributed by atoms with van der Waals surface area (Å²) < 4.78 is 35.0. The summed E-state index contributed by atoms with van der Waals surface area (Å²) in [6.07, 6.45) is -19.5. The molecule has 0 bridgehead atoms. The van der Waals surface area contributed by atoms with E-state index in [1.54, 1.807) is 0 Å². The number of allylic oxidation sites excluding steroid dienone is 2. The van der Waals surface area contributed by atoms with E-state index in [1.165, 1.54) is 0 Å². The highest BCUT2D eigenvalue weighted by Crippen LogP contribution is 2.72. The zero-order valence-corrected chi connectivity index (χ0v) is 38.4. The van der Waals surface area contributed by atoms with Crippen molar-refractivity contribution in [2.45, 2.75) is 196 Å². The number of carbonyl (C=O) groups is 1. The molecule has 3 saturated heterocycles. The van der Waals surface area contributed by atoms with Gasteiger partial charge in [0.1, 0.15) is 72.7 Å². The predicted molar refractivity (Wildman–Crippen MR) is 226 cm³/mol. The fraction of sp³-hybridized carbons (Fsp3) is 0.891. The fourth-order valence-corrected chi connectivity index (χ4v) is 13.4. The number of carboxylic acids is 1. The maximum atomic E-state index is 13.8. The van der Waals surface area contributed by atoms with E-state index >= 15 is 0 Å². The van der Waals surface area contributed by atoms with E-state index in [0.29, 0.717) is 51.4 Å². The van der Waals surface area contributed by atoms with Gasteiger partial charge in [0, 0.05) is 5.92 Å². The first-order valence-corrected chi connectivity index (χ1v) is 23.5. The molecule has 13 N–H and O–H groups in total. The molecule has 0 radical (unpaired) electrons. The molecule has 3 aliphatic heterocycles. The van der Waals surface area contributed by atoms with Crippen LogP contribution in [0, 0.1) is 34.0 Å². The van der Waals surface area contributed by atoms with Gasteiger partial charge in [0.05, 0.1) is 44.1 Å². The van der Waals surface area contributed by atoms with Crippen LogP contribution in [0.2, 0.25) is 0 Å². The highest BCUT2D eigenvalue weighted by molar-refractivity contribution is 5.82. The number of hydrogen-bond acceptors (Lipinski definition) is 19. The number of fused-ring (bicyclic) bond motifs is 4. The van der Waals surface area contributed by atoms with Gasteiger partial charge in [-0.25, -0.2) is 0 Å². The van der Waals surface area contributed by atoms with Crippen LogP contribution in [0.15, 0.2) is 22.8 Å². The fourth-order valence-electron chi connectivity index (χ4n) is 13.4. The normalized spacial score (nSPS) is 49.3. The van der Waals surface area contributed by atoms with Crippen molar-refractivity contribution in [2.24, 2.45) is 34.0 Å². The largest absolute Gasteiger partial charge is 0.481 e. The average molecular weight is 947 g/mol. The Hall–Kier alpha value is -1.77. The smallest absolute Gasteiger partial charge is 0.314 e. The number of ether oxygens (including phenoxy) is 6. The van der Waals surface area contributed by atoms with Crippen LogP contribution in [-0.2, 0) is 33.2 Å². The number of hydrogen-bond donors (Lipinski definition) is 13. The first-order valence-electron chi connectivity index (χ1n) is 23.5. The topological polar surface area (TPSA) is 335 Å². The monoisotopic (exact) mass is 946 g/mol. The summed E-state index contributed by atoms with van der Waals surface area (Å²) in [4.78, 5) is 13.8. The first kappa shape index (κ1) is 52.1. The Morgan fingerprint density at radius 1 is 0.758 bits per heavy atom. The van der Waals surface area contributed by atoms with Gasteiger partial charge in [-0.3, -0.25) is 4.79 Å². The molecule has 378 valence electrons. The molecule has 23 atom stereocenters. The second-order valence-corrected chi connectivity index (χ2v) is 20.9. The second-order valence-electron chi connectivity index (χ2n) is 20.9. The molecule has 20 nitrogen and oxygen atoms in total. The minimum absolute atomic E-state index is 0.0517. The molecule has 1 unspecified atom stereocenters. The van der Waals surface area contributed by atoms with Gasteiger partial charge in [-0.05, 0) is 94.3 Å². The van der Waals surface area contributed by atoms with Crippen LogP contribution in [0.25, 0.3) is 0 Å². The van der Waals surface area contributed by atoms with Crippen LogP contribution in [0.5, 0.6) is 0 Å². The zero-order chi connectivity index (χ0) is 48.4. The molecule has 0 aromatic carbocycles. The number of rotatable bonds is 14. The Kier molecular flexibility index (Phi) is 15.6. The van der Waals surface area contributed by atoms with Crippen molar-refractivity contribution in [3.63, 3.8) is 0 Å². The molecular formula is C46H74O20. The number of aliphatic hydroxyl groups is 12. The van der Waals surface area contributed by atoms with Gasteiger partial charge in [0.15, 0.2) is 18.9 Å². The molecule has 5 fully saturated rings. The van der Waals surface area contributed by atoms with Gasteiger partial charge >= 0.3 is 5.97 Å². The Morgan fingerprint density at radius 2 is 1.39 bits per heavy atom. The molecule has 4 aliphatic carbocycles. The van der Waals surface area contributed by atoms with Crippen LogP contribution in [0.3, 0.4) is 0 Å². The van der Waals surface area contributed by atoms with Gasteiger partial charge in [-0.1, -0.05) is 43.6 Å². The molecule has 0 amide bonds. The van der Waals surface area contributed by atoms with Crippen LogP contribution in [0.1, 0.15) is 92.4 Å². The third-order valence-electron chi connectivity index (χ3n) is 17.3. The van der Waals surface area contributed by atoms with Crippen LogP contribution >= 0.6 is 0 Å². The van der Waals surface area contributed by atoms with Crippen molar-refractivity contribution in [1.82, 2.24) is 0 Å². The van der Waals surface area contributed by atoms with Crippen molar-refractivity contribution >= 4 is 5.97 Å². The van der Waals surface area contributed by atoms with Crippen molar-refractivity contribution in [3.8, 4) is 0 Å². The van der Waals surface area contributed by atoms with Crippen LogP contribution in [0.4, 0.5) is 0 Å². The quantitative estimate of drug-likeness (QED) is 0.0866. The number of aliphatic hydroxyl groups excluding tert-OH is 11. The summed E-state index contributed by atoms with van der Waals surface area (Å²) in [7, 11) is 0. The van der Waals surface area contributed by atoms with E-state index in [0.717, 1.165) is 16.7 Å². The first-order chi connectivity index (χ1) is 31.1.